The first-order chi connectivity index (χ1) is 9.85. The third kappa shape index (κ3) is 5.07. The zero-order valence-electron chi connectivity index (χ0n) is 11.7. The van der Waals surface area contributed by atoms with Gasteiger partial charge in [-0.1, -0.05) is 17.7 Å². The highest BCUT2D eigenvalue weighted by Gasteiger charge is 2.22. The third-order valence-corrected chi connectivity index (χ3v) is 3.31. The van der Waals surface area contributed by atoms with E-state index in [1.54, 1.807) is 19.1 Å². The van der Waals surface area contributed by atoms with Gasteiger partial charge in [0.25, 0.3) is 5.91 Å². The van der Waals surface area contributed by atoms with E-state index in [4.69, 9.17) is 16.7 Å². The minimum Gasteiger partial charge on any atom is -0.480 e. The van der Waals surface area contributed by atoms with Crippen molar-refractivity contribution < 1.29 is 24.2 Å². The van der Waals surface area contributed by atoms with Crippen LogP contribution in [0.4, 0.5) is 0 Å². The van der Waals surface area contributed by atoms with Gasteiger partial charge in [0.2, 0.25) is 0 Å². The molecular formula is C14H16ClNO5. The summed E-state index contributed by atoms with van der Waals surface area (Å²) in [4.78, 5) is 34.1. The number of ether oxygens (including phenoxy) is 1. The molecule has 1 aromatic carbocycles. The van der Waals surface area contributed by atoms with E-state index in [9.17, 15) is 14.4 Å². The summed E-state index contributed by atoms with van der Waals surface area (Å²) in [5, 5.41) is 11.8. The zero-order chi connectivity index (χ0) is 16.0. The van der Waals surface area contributed by atoms with E-state index >= 15 is 0 Å². The van der Waals surface area contributed by atoms with Gasteiger partial charge in [-0.25, -0.2) is 4.79 Å². The van der Waals surface area contributed by atoms with Crippen molar-refractivity contribution in [3.8, 4) is 0 Å². The van der Waals surface area contributed by atoms with Gasteiger partial charge in [0.1, 0.15) is 6.04 Å². The quantitative estimate of drug-likeness (QED) is 0.781. The summed E-state index contributed by atoms with van der Waals surface area (Å²) in [6, 6.07) is 3.51. The highest BCUT2D eigenvalue weighted by Crippen LogP contribution is 2.16. The fourth-order valence-electron chi connectivity index (χ4n) is 1.60. The number of aliphatic carboxylic acids is 1. The summed E-state index contributed by atoms with van der Waals surface area (Å²) in [7, 11) is 1.21. The Balaban J connectivity index is 2.74. The second-order valence-electron chi connectivity index (χ2n) is 4.44. The number of hydrogen-bond acceptors (Lipinski definition) is 4. The number of carbonyl (C=O) groups is 3. The maximum Gasteiger partial charge on any atom is 0.326 e. The number of hydrogen-bond donors (Lipinski definition) is 2. The van der Waals surface area contributed by atoms with Crippen molar-refractivity contribution in [3.05, 3.63) is 34.3 Å². The van der Waals surface area contributed by atoms with Gasteiger partial charge in [-0.3, -0.25) is 9.59 Å². The lowest BCUT2D eigenvalue weighted by Crippen LogP contribution is -2.41. The van der Waals surface area contributed by atoms with Crippen LogP contribution in [0.1, 0.15) is 28.8 Å². The van der Waals surface area contributed by atoms with Crippen molar-refractivity contribution in [1.82, 2.24) is 5.32 Å². The van der Waals surface area contributed by atoms with E-state index in [-0.39, 0.29) is 18.4 Å². The van der Waals surface area contributed by atoms with Gasteiger partial charge in [-0.2, -0.15) is 0 Å². The molecule has 0 heterocycles. The van der Waals surface area contributed by atoms with Crippen LogP contribution in [0.25, 0.3) is 0 Å². The van der Waals surface area contributed by atoms with Gasteiger partial charge < -0.3 is 15.2 Å². The zero-order valence-corrected chi connectivity index (χ0v) is 12.4. The molecule has 1 amide bonds. The Labute approximate surface area is 127 Å². The fraction of sp³-hybridized carbons (Fsp3) is 0.357. The van der Waals surface area contributed by atoms with E-state index in [0.29, 0.717) is 5.02 Å². The normalized spacial score (nSPS) is 11.6. The Morgan fingerprint density at radius 3 is 2.57 bits per heavy atom. The lowest BCUT2D eigenvalue weighted by atomic mass is 10.1. The van der Waals surface area contributed by atoms with Crippen molar-refractivity contribution >= 4 is 29.4 Å². The molecule has 0 radical (unpaired) electrons. The topological polar surface area (TPSA) is 92.7 Å². The van der Waals surface area contributed by atoms with Crippen LogP contribution in [0, 0.1) is 6.92 Å². The number of benzene rings is 1. The minimum atomic E-state index is -1.22. The largest absolute Gasteiger partial charge is 0.480 e. The van der Waals surface area contributed by atoms with Crippen LogP contribution in [-0.4, -0.2) is 36.1 Å². The van der Waals surface area contributed by atoms with Gasteiger partial charge in [0, 0.05) is 17.0 Å². The number of rotatable bonds is 6. The summed E-state index contributed by atoms with van der Waals surface area (Å²) in [5.74, 6) is -2.31. The van der Waals surface area contributed by atoms with Gasteiger partial charge >= 0.3 is 11.9 Å². The molecule has 0 saturated carbocycles. The van der Waals surface area contributed by atoms with Crippen molar-refractivity contribution in [2.75, 3.05) is 7.11 Å². The van der Waals surface area contributed by atoms with Crippen LogP contribution < -0.4 is 5.32 Å². The second-order valence-corrected chi connectivity index (χ2v) is 4.85. The molecule has 1 aromatic rings. The number of aryl methyl sites for hydroxylation is 1. The first kappa shape index (κ1) is 17.0. The molecule has 21 heavy (non-hydrogen) atoms. The van der Waals surface area contributed by atoms with Gasteiger partial charge in [0.05, 0.1) is 7.11 Å². The monoisotopic (exact) mass is 313 g/mol. The summed E-state index contributed by atoms with van der Waals surface area (Å²) < 4.78 is 4.44. The number of halogens is 1. The Morgan fingerprint density at radius 2 is 2.05 bits per heavy atom. The standard InChI is InChI=1S/C14H16ClNO5/c1-8-3-4-9(7-10(8)15)13(18)16-11(14(19)20)5-6-12(17)21-2/h3-4,7,11H,5-6H2,1-2H3,(H,16,18)(H,19,20)/t11-/m1/s1. The van der Waals surface area contributed by atoms with E-state index in [0.717, 1.165) is 5.56 Å². The molecule has 114 valence electrons. The highest BCUT2D eigenvalue weighted by molar-refractivity contribution is 6.31. The van der Waals surface area contributed by atoms with Crippen LogP contribution in [0.2, 0.25) is 5.02 Å². The van der Waals surface area contributed by atoms with Crippen LogP contribution >= 0.6 is 11.6 Å². The SMILES string of the molecule is COC(=O)CC[C@@H](NC(=O)c1ccc(C)c(Cl)c1)C(=O)O. The molecule has 0 aliphatic rings. The third-order valence-electron chi connectivity index (χ3n) is 2.90. The molecule has 0 saturated heterocycles. The lowest BCUT2D eigenvalue weighted by molar-refractivity contribution is -0.142. The smallest absolute Gasteiger partial charge is 0.326 e. The number of carboxylic acid groups (broad SMARTS) is 1. The summed E-state index contributed by atoms with van der Waals surface area (Å²) in [6.07, 6.45) is -0.143. The molecule has 0 aromatic heterocycles. The molecule has 2 N–H and O–H groups in total. The summed E-state index contributed by atoms with van der Waals surface area (Å²) >= 11 is 5.92. The molecule has 0 unspecified atom stereocenters. The molecule has 0 aliphatic carbocycles. The molecule has 0 fully saturated rings. The Morgan fingerprint density at radius 1 is 1.38 bits per heavy atom. The second kappa shape index (κ2) is 7.64. The van der Waals surface area contributed by atoms with Crippen molar-refractivity contribution in [2.24, 2.45) is 0 Å². The first-order valence-corrected chi connectivity index (χ1v) is 6.59. The Bertz CT molecular complexity index is 558. The van der Waals surface area contributed by atoms with E-state index < -0.39 is 23.9 Å². The molecular weight excluding hydrogens is 298 g/mol. The predicted octanol–water partition coefficient (Wildman–Crippen LogP) is 1.78. The fourth-order valence-corrected chi connectivity index (χ4v) is 1.78. The molecule has 0 aliphatic heterocycles. The minimum absolute atomic E-state index is 0.0483. The van der Waals surface area contributed by atoms with Gasteiger partial charge in [-0.15, -0.1) is 0 Å². The number of amides is 1. The number of esters is 1. The molecule has 6 nitrogen and oxygen atoms in total. The maximum atomic E-state index is 12.0. The maximum absolute atomic E-state index is 12.0. The lowest BCUT2D eigenvalue weighted by Gasteiger charge is -2.14. The molecule has 1 rings (SSSR count). The summed E-state index contributed by atoms with van der Waals surface area (Å²) in [6.45, 7) is 1.79. The average Bonchev–Trinajstić information content (AvgIpc) is 2.45. The van der Waals surface area contributed by atoms with E-state index in [1.807, 2.05) is 0 Å². The van der Waals surface area contributed by atoms with E-state index in [1.165, 1.54) is 13.2 Å². The number of carboxylic acids is 1. The molecule has 1 atom stereocenters. The van der Waals surface area contributed by atoms with Crippen LogP contribution in [0.15, 0.2) is 18.2 Å². The molecule has 7 heteroatoms. The first-order valence-electron chi connectivity index (χ1n) is 6.21. The Kier molecular flexibility index (Phi) is 6.17. The van der Waals surface area contributed by atoms with Crippen molar-refractivity contribution in [3.63, 3.8) is 0 Å². The highest BCUT2D eigenvalue weighted by atomic mass is 35.5. The Hall–Kier alpha value is -2.08. The number of methoxy groups -OCH3 is 1. The summed E-state index contributed by atoms with van der Waals surface area (Å²) in [5.41, 5.74) is 1.07. The van der Waals surface area contributed by atoms with Crippen LogP contribution in [0.3, 0.4) is 0 Å². The van der Waals surface area contributed by atoms with Gasteiger partial charge in [-0.05, 0) is 31.0 Å². The number of nitrogens with one attached hydrogen (secondary N) is 1. The van der Waals surface area contributed by atoms with Crippen molar-refractivity contribution in [1.29, 1.82) is 0 Å². The van der Waals surface area contributed by atoms with E-state index in [2.05, 4.69) is 10.1 Å². The van der Waals surface area contributed by atoms with Crippen molar-refractivity contribution in [2.45, 2.75) is 25.8 Å². The average molecular weight is 314 g/mol. The van der Waals surface area contributed by atoms with Crippen LogP contribution in [-0.2, 0) is 14.3 Å². The predicted molar refractivity (Wildman–Crippen MR) is 76.3 cm³/mol. The van der Waals surface area contributed by atoms with Crippen LogP contribution in [0.5, 0.6) is 0 Å². The van der Waals surface area contributed by atoms with Gasteiger partial charge in [0.15, 0.2) is 0 Å². The molecule has 0 bridgehead atoms. The number of carbonyl (C=O) groups excluding carboxylic acids is 2. The molecule has 0 spiro atoms.